The Morgan fingerprint density at radius 1 is 1.03 bits per heavy atom. The van der Waals surface area contributed by atoms with Crippen LogP contribution in [0.15, 0.2) is 58.7 Å². The summed E-state index contributed by atoms with van der Waals surface area (Å²) in [6, 6.07) is 11.7. The molecular formula is C29H32FNO5. The molecule has 0 bridgehead atoms. The van der Waals surface area contributed by atoms with E-state index < -0.39 is 17.8 Å². The van der Waals surface area contributed by atoms with Crippen molar-refractivity contribution >= 4 is 17.5 Å². The molecule has 4 rings (SSSR count). The Bertz CT molecular complexity index is 1200. The van der Waals surface area contributed by atoms with Gasteiger partial charge in [0.2, 0.25) is 0 Å². The maximum Gasteiger partial charge on any atom is 0.315 e. The van der Waals surface area contributed by atoms with E-state index in [1.807, 2.05) is 25.1 Å². The van der Waals surface area contributed by atoms with Crippen LogP contribution in [-0.4, -0.2) is 38.3 Å². The standard InChI is InChI=1S/C29H32FNO5/c1-5-6-13-36-29(33)26-17(2)31-22-14-20(19-9-12-24(34-3)25(16-19)35-4)15-23(32)28(22)27(26)18-7-10-21(30)11-8-18/h7-12,16,20,26-27H,5-6,13-15H2,1-4H3/t20-,26?,27-/m0/s1. The summed E-state index contributed by atoms with van der Waals surface area (Å²) in [5.41, 5.74) is 3.47. The molecule has 2 aromatic rings. The van der Waals surface area contributed by atoms with Gasteiger partial charge in [0.25, 0.3) is 0 Å². The van der Waals surface area contributed by atoms with Crippen LogP contribution >= 0.6 is 0 Å². The number of nitrogens with zero attached hydrogens (tertiary/aromatic N) is 1. The Balaban J connectivity index is 1.73. The van der Waals surface area contributed by atoms with Crippen molar-refractivity contribution < 1.29 is 28.2 Å². The molecule has 0 fully saturated rings. The van der Waals surface area contributed by atoms with Gasteiger partial charge >= 0.3 is 5.97 Å². The minimum Gasteiger partial charge on any atom is -0.493 e. The van der Waals surface area contributed by atoms with Gasteiger partial charge < -0.3 is 14.2 Å². The third-order valence-corrected chi connectivity index (χ3v) is 6.99. The maximum atomic E-state index is 13.7. The number of ketones is 1. The molecule has 190 valence electrons. The van der Waals surface area contributed by atoms with Gasteiger partial charge in [0, 0.05) is 29.3 Å². The first kappa shape index (κ1) is 25.6. The van der Waals surface area contributed by atoms with Crippen LogP contribution in [0.5, 0.6) is 11.5 Å². The molecule has 1 aliphatic carbocycles. The highest BCUT2D eigenvalue weighted by molar-refractivity contribution is 6.09. The molecule has 0 saturated heterocycles. The van der Waals surface area contributed by atoms with Crippen LogP contribution in [0.2, 0.25) is 0 Å². The molecule has 3 atom stereocenters. The summed E-state index contributed by atoms with van der Waals surface area (Å²) < 4.78 is 30.1. The molecule has 7 heteroatoms. The van der Waals surface area contributed by atoms with Crippen LogP contribution in [0.4, 0.5) is 4.39 Å². The van der Waals surface area contributed by atoms with E-state index in [0.717, 1.165) is 18.4 Å². The molecule has 0 spiro atoms. The Hall–Kier alpha value is -3.48. The summed E-state index contributed by atoms with van der Waals surface area (Å²) in [4.78, 5) is 31.6. The number of halogens is 1. The highest BCUT2D eigenvalue weighted by atomic mass is 19.1. The summed E-state index contributed by atoms with van der Waals surface area (Å²) in [6.07, 6.45) is 2.48. The Morgan fingerprint density at radius 3 is 2.39 bits per heavy atom. The lowest BCUT2D eigenvalue weighted by atomic mass is 9.69. The van der Waals surface area contributed by atoms with E-state index in [4.69, 9.17) is 19.2 Å². The van der Waals surface area contributed by atoms with E-state index in [1.165, 1.54) is 12.1 Å². The Labute approximate surface area is 211 Å². The van der Waals surface area contributed by atoms with E-state index in [1.54, 1.807) is 33.3 Å². The first-order chi connectivity index (χ1) is 17.4. The number of benzene rings is 2. The number of carbonyl (C=O) groups is 2. The number of Topliss-reactive ketones (excluding diaryl/α,β-unsaturated/α-hetero) is 1. The fourth-order valence-electron chi connectivity index (χ4n) is 5.14. The van der Waals surface area contributed by atoms with Crippen molar-refractivity contribution in [2.75, 3.05) is 20.8 Å². The van der Waals surface area contributed by atoms with Gasteiger partial charge in [0.05, 0.1) is 20.8 Å². The second kappa shape index (κ2) is 11.1. The molecule has 0 aromatic heterocycles. The van der Waals surface area contributed by atoms with Crippen molar-refractivity contribution in [1.29, 1.82) is 0 Å². The van der Waals surface area contributed by atoms with Crippen molar-refractivity contribution in [3.63, 3.8) is 0 Å². The van der Waals surface area contributed by atoms with E-state index in [0.29, 0.717) is 47.1 Å². The number of carbonyl (C=O) groups excluding carboxylic acids is 2. The van der Waals surface area contributed by atoms with Crippen molar-refractivity contribution in [3.8, 4) is 11.5 Å². The van der Waals surface area contributed by atoms with Gasteiger partial charge in [-0.2, -0.15) is 0 Å². The number of ether oxygens (including phenoxy) is 3. The van der Waals surface area contributed by atoms with Crippen LogP contribution in [-0.2, 0) is 14.3 Å². The minimum absolute atomic E-state index is 0.0621. The number of rotatable bonds is 8. The number of hydrogen-bond acceptors (Lipinski definition) is 6. The number of allylic oxidation sites excluding steroid dienone is 2. The number of esters is 1. The van der Waals surface area contributed by atoms with E-state index in [-0.39, 0.29) is 23.9 Å². The second-order valence-electron chi connectivity index (χ2n) is 9.28. The number of aliphatic imine (C=N–C) groups is 1. The van der Waals surface area contributed by atoms with Crippen molar-refractivity contribution in [2.45, 2.75) is 51.4 Å². The van der Waals surface area contributed by atoms with Gasteiger partial charge in [-0.05, 0) is 61.1 Å². The summed E-state index contributed by atoms with van der Waals surface area (Å²) in [6.45, 7) is 4.14. The molecule has 1 aliphatic heterocycles. The summed E-state index contributed by atoms with van der Waals surface area (Å²) in [5, 5.41) is 0. The molecule has 2 aliphatic rings. The molecule has 0 radical (unpaired) electrons. The van der Waals surface area contributed by atoms with Gasteiger partial charge in [0.1, 0.15) is 11.7 Å². The van der Waals surface area contributed by atoms with Crippen LogP contribution in [0.1, 0.15) is 62.5 Å². The second-order valence-corrected chi connectivity index (χ2v) is 9.28. The zero-order chi connectivity index (χ0) is 25.8. The van der Waals surface area contributed by atoms with Gasteiger partial charge in [-0.15, -0.1) is 0 Å². The molecule has 0 saturated carbocycles. The zero-order valence-electron chi connectivity index (χ0n) is 21.2. The van der Waals surface area contributed by atoms with E-state index >= 15 is 0 Å². The van der Waals surface area contributed by atoms with Crippen LogP contribution in [0.3, 0.4) is 0 Å². The summed E-state index contributed by atoms with van der Waals surface area (Å²) in [5.74, 6) is -0.999. The lowest BCUT2D eigenvalue weighted by molar-refractivity contribution is -0.146. The summed E-state index contributed by atoms with van der Waals surface area (Å²) >= 11 is 0. The van der Waals surface area contributed by atoms with E-state index in [2.05, 4.69) is 0 Å². The zero-order valence-corrected chi connectivity index (χ0v) is 21.2. The Morgan fingerprint density at radius 2 is 1.72 bits per heavy atom. The third kappa shape index (κ3) is 5.06. The smallest absolute Gasteiger partial charge is 0.315 e. The van der Waals surface area contributed by atoms with Crippen molar-refractivity contribution in [3.05, 3.63) is 70.7 Å². The minimum atomic E-state index is -0.729. The molecule has 2 aromatic carbocycles. The summed E-state index contributed by atoms with van der Waals surface area (Å²) in [7, 11) is 3.16. The molecule has 6 nitrogen and oxygen atoms in total. The lowest BCUT2D eigenvalue weighted by Crippen LogP contribution is -2.38. The number of unbranched alkanes of at least 4 members (excludes halogenated alkanes) is 1. The van der Waals surface area contributed by atoms with Crippen LogP contribution < -0.4 is 9.47 Å². The largest absolute Gasteiger partial charge is 0.493 e. The molecule has 0 amide bonds. The van der Waals surface area contributed by atoms with Crippen LogP contribution in [0.25, 0.3) is 0 Å². The quantitative estimate of drug-likeness (QED) is 0.345. The average Bonchev–Trinajstić information content (AvgIpc) is 2.87. The molecule has 0 N–H and O–H groups in total. The monoisotopic (exact) mass is 493 g/mol. The highest BCUT2D eigenvalue weighted by Gasteiger charge is 2.44. The molecule has 1 unspecified atom stereocenters. The van der Waals surface area contributed by atoms with Gasteiger partial charge in [-0.25, -0.2) is 4.39 Å². The first-order valence-electron chi connectivity index (χ1n) is 12.3. The van der Waals surface area contributed by atoms with Gasteiger partial charge in [-0.1, -0.05) is 31.5 Å². The molecular weight excluding hydrogens is 461 g/mol. The normalized spacial score (nSPS) is 21.5. The molecule has 36 heavy (non-hydrogen) atoms. The van der Waals surface area contributed by atoms with Gasteiger partial charge in [-0.3, -0.25) is 14.6 Å². The highest BCUT2D eigenvalue weighted by Crippen LogP contribution is 2.47. The fraction of sp³-hybridized carbons (Fsp3) is 0.414. The van der Waals surface area contributed by atoms with E-state index in [9.17, 15) is 14.0 Å². The van der Waals surface area contributed by atoms with Crippen molar-refractivity contribution in [1.82, 2.24) is 0 Å². The van der Waals surface area contributed by atoms with Crippen molar-refractivity contribution in [2.24, 2.45) is 10.9 Å². The predicted molar refractivity (Wildman–Crippen MR) is 135 cm³/mol. The maximum absolute atomic E-state index is 13.7. The third-order valence-electron chi connectivity index (χ3n) is 6.99. The SMILES string of the molecule is CCCCOC(=O)C1C(C)=NC2=C(C(=O)C[C@@H](c3ccc(OC)c(OC)c3)C2)[C@H]1c1ccc(F)cc1. The number of methoxy groups -OCH3 is 2. The Kier molecular flexibility index (Phi) is 7.87. The fourth-order valence-corrected chi connectivity index (χ4v) is 5.14. The average molecular weight is 494 g/mol. The van der Waals surface area contributed by atoms with Gasteiger partial charge in [0.15, 0.2) is 17.3 Å². The van der Waals surface area contributed by atoms with Crippen LogP contribution in [0, 0.1) is 11.7 Å². The first-order valence-corrected chi connectivity index (χ1v) is 12.3. The number of hydrogen-bond donors (Lipinski definition) is 0. The predicted octanol–water partition coefficient (Wildman–Crippen LogP) is 5.76. The topological polar surface area (TPSA) is 74.2 Å². The lowest BCUT2D eigenvalue weighted by Gasteiger charge is -2.36. The molecule has 1 heterocycles.